The van der Waals surface area contributed by atoms with Crippen LogP contribution in [0.25, 0.3) is 0 Å². The zero-order chi connectivity index (χ0) is 15.6. The van der Waals surface area contributed by atoms with Crippen LogP contribution >= 0.6 is 0 Å². The molecule has 1 fully saturated rings. The van der Waals surface area contributed by atoms with Crippen molar-refractivity contribution in [1.82, 2.24) is 19.9 Å². The number of aryl methyl sites for hydroxylation is 2. The predicted octanol–water partition coefficient (Wildman–Crippen LogP) is 2.11. The highest BCUT2D eigenvalue weighted by Gasteiger charge is 2.28. The Kier molecular flexibility index (Phi) is 3.81. The van der Waals surface area contributed by atoms with Crippen molar-refractivity contribution in [1.29, 1.82) is 0 Å². The third kappa shape index (κ3) is 2.98. The van der Waals surface area contributed by atoms with Crippen LogP contribution in [0.1, 0.15) is 36.1 Å². The van der Waals surface area contributed by atoms with E-state index in [0.717, 1.165) is 43.7 Å². The molecule has 1 atom stereocenters. The van der Waals surface area contributed by atoms with Crippen LogP contribution in [0.15, 0.2) is 18.7 Å². The van der Waals surface area contributed by atoms with Crippen molar-refractivity contribution in [2.45, 2.75) is 45.1 Å². The molecule has 1 aliphatic carbocycles. The SMILES string of the molecule is Cc1cnc(OC2CCN(c3ncnc4c3CCCC4)C2)nc1. The number of fused-ring (bicyclic) bond motifs is 1. The van der Waals surface area contributed by atoms with Crippen molar-refractivity contribution in [3.05, 3.63) is 35.5 Å². The van der Waals surface area contributed by atoms with Gasteiger partial charge in [0.05, 0.1) is 6.54 Å². The Labute approximate surface area is 136 Å². The molecule has 120 valence electrons. The second-order valence-corrected chi connectivity index (χ2v) is 6.35. The maximum Gasteiger partial charge on any atom is 0.316 e. The van der Waals surface area contributed by atoms with E-state index in [2.05, 4.69) is 24.8 Å². The first-order chi connectivity index (χ1) is 11.3. The number of hydrogen-bond acceptors (Lipinski definition) is 6. The van der Waals surface area contributed by atoms with Gasteiger partial charge >= 0.3 is 6.01 Å². The molecule has 0 bridgehead atoms. The molecule has 3 heterocycles. The molecule has 6 heteroatoms. The molecule has 1 aliphatic heterocycles. The van der Waals surface area contributed by atoms with Crippen LogP contribution in [0.4, 0.5) is 5.82 Å². The topological polar surface area (TPSA) is 64.0 Å². The Morgan fingerprint density at radius 2 is 1.91 bits per heavy atom. The molecule has 1 unspecified atom stereocenters. The van der Waals surface area contributed by atoms with Gasteiger partial charge in [-0.25, -0.2) is 19.9 Å². The van der Waals surface area contributed by atoms with E-state index in [-0.39, 0.29) is 6.10 Å². The summed E-state index contributed by atoms with van der Waals surface area (Å²) >= 11 is 0. The zero-order valence-electron chi connectivity index (χ0n) is 13.4. The Bertz CT molecular complexity index is 688. The fourth-order valence-electron chi connectivity index (χ4n) is 3.38. The maximum absolute atomic E-state index is 5.92. The maximum atomic E-state index is 5.92. The fourth-order valence-corrected chi connectivity index (χ4v) is 3.38. The number of anilines is 1. The van der Waals surface area contributed by atoms with Crippen molar-refractivity contribution < 1.29 is 4.74 Å². The molecule has 4 rings (SSSR count). The molecule has 2 aromatic rings. The summed E-state index contributed by atoms with van der Waals surface area (Å²) in [4.78, 5) is 19.8. The highest BCUT2D eigenvalue weighted by molar-refractivity contribution is 5.50. The van der Waals surface area contributed by atoms with Crippen LogP contribution in [0, 0.1) is 6.92 Å². The van der Waals surface area contributed by atoms with Gasteiger partial charge in [0, 0.05) is 36.6 Å². The lowest BCUT2D eigenvalue weighted by Crippen LogP contribution is -2.27. The first-order valence-corrected chi connectivity index (χ1v) is 8.32. The third-order valence-electron chi connectivity index (χ3n) is 4.58. The van der Waals surface area contributed by atoms with E-state index >= 15 is 0 Å². The quantitative estimate of drug-likeness (QED) is 0.865. The minimum absolute atomic E-state index is 0.118. The summed E-state index contributed by atoms with van der Waals surface area (Å²) in [6, 6.07) is 0.465. The lowest BCUT2D eigenvalue weighted by molar-refractivity contribution is 0.206. The molecule has 2 aromatic heterocycles. The van der Waals surface area contributed by atoms with Gasteiger partial charge in [-0.05, 0) is 38.2 Å². The summed E-state index contributed by atoms with van der Waals surface area (Å²) in [5.41, 5.74) is 3.61. The molecular weight excluding hydrogens is 290 g/mol. The molecular formula is C17H21N5O. The van der Waals surface area contributed by atoms with Crippen LogP contribution in [0.5, 0.6) is 6.01 Å². The zero-order valence-corrected chi connectivity index (χ0v) is 13.4. The van der Waals surface area contributed by atoms with Gasteiger partial charge in [-0.2, -0.15) is 0 Å². The Morgan fingerprint density at radius 3 is 2.78 bits per heavy atom. The van der Waals surface area contributed by atoms with Gasteiger partial charge in [-0.3, -0.25) is 0 Å². The van der Waals surface area contributed by atoms with Crippen molar-refractivity contribution >= 4 is 5.82 Å². The summed E-state index contributed by atoms with van der Waals surface area (Å²) in [6.45, 7) is 3.76. The van der Waals surface area contributed by atoms with Gasteiger partial charge < -0.3 is 9.64 Å². The van der Waals surface area contributed by atoms with Gasteiger partial charge in [0.2, 0.25) is 0 Å². The summed E-state index contributed by atoms with van der Waals surface area (Å²) in [6.07, 6.45) is 11.0. The second-order valence-electron chi connectivity index (χ2n) is 6.35. The smallest absolute Gasteiger partial charge is 0.316 e. The molecule has 2 aliphatic rings. The lowest BCUT2D eigenvalue weighted by Gasteiger charge is -2.24. The third-order valence-corrected chi connectivity index (χ3v) is 4.58. The van der Waals surface area contributed by atoms with Crippen LogP contribution < -0.4 is 9.64 Å². The van der Waals surface area contributed by atoms with Gasteiger partial charge in [0.1, 0.15) is 18.2 Å². The van der Waals surface area contributed by atoms with E-state index in [1.165, 1.54) is 24.1 Å². The Balaban J connectivity index is 1.47. The summed E-state index contributed by atoms with van der Waals surface area (Å²) in [5.74, 6) is 1.10. The average molecular weight is 311 g/mol. The van der Waals surface area contributed by atoms with Gasteiger partial charge in [0.15, 0.2) is 0 Å². The monoisotopic (exact) mass is 311 g/mol. The summed E-state index contributed by atoms with van der Waals surface area (Å²) in [5, 5.41) is 0. The van der Waals surface area contributed by atoms with E-state index in [0.29, 0.717) is 6.01 Å². The number of ether oxygens (including phenoxy) is 1. The Hall–Kier alpha value is -2.24. The van der Waals surface area contributed by atoms with Gasteiger partial charge in [-0.1, -0.05) is 0 Å². The van der Waals surface area contributed by atoms with Crippen LogP contribution in [0.3, 0.4) is 0 Å². The van der Waals surface area contributed by atoms with Crippen LogP contribution in [-0.2, 0) is 12.8 Å². The molecule has 0 radical (unpaired) electrons. The Morgan fingerprint density at radius 1 is 1.09 bits per heavy atom. The molecule has 6 nitrogen and oxygen atoms in total. The molecule has 23 heavy (non-hydrogen) atoms. The molecule has 0 spiro atoms. The molecule has 0 N–H and O–H groups in total. The van der Waals surface area contributed by atoms with E-state index in [1.807, 2.05) is 6.92 Å². The number of nitrogens with zero attached hydrogens (tertiary/aromatic N) is 5. The summed E-state index contributed by atoms with van der Waals surface area (Å²) in [7, 11) is 0. The van der Waals surface area contributed by atoms with Crippen LogP contribution in [0.2, 0.25) is 0 Å². The van der Waals surface area contributed by atoms with E-state index < -0.39 is 0 Å². The highest BCUT2D eigenvalue weighted by Crippen LogP contribution is 2.29. The van der Waals surface area contributed by atoms with Crippen molar-refractivity contribution in [3.63, 3.8) is 0 Å². The van der Waals surface area contributed by atoms with Crippen molar-refractivity contribution in [3.8, 4) is 6.01 Å². The first-order valence-electron chi connectivity index (χ1n) is 8.32. The van der Waals surface area contributed by atoms with E-state index in [4.69, 9.17) is 4.74 Å². The van der Waals surface area contributed by atoms with Crippen LogP contribution in [-0.4, -0.2) is 39.1 Å². The fraction of sp³-hybridized carbons (Fsp3) is 0.529. The van der Waals surface area contributed by atoms with Crippen molar-refractivity contribution in [2.24, 2.45) is 0 Å². The predicted molar refractivity (Wildman–Crippen MR) is 86.7 cm³/mol. The average Bonchev–Trinajstić information content (AvgIpc) is 3.05. The number of rotatable bonds is 3. The van der Waals surface area contributed by atoms with E-state index in [1.54, 1.807) is 18.7 Å². The first kappa shape index (κ1) is 14.4. The molecule has 0 aromatic carbocycles. The number of hydrogen-bond donors (Lipinski definition) is 0. The van der Waals surface area contributed by atoms with E-state index in [9.17, 15) is 0 Å². The second kappa shape index (κ2) is 6.10. The minimum Gasteiger partial charge on any atom is -0.458 e. The van der Waals surface area contributed by atoms with Gasteiger partial charge in [0.25, 0.3) is 0 Å². The molecule has 0 amide bonds. The number of aromatic nitrogens is 4. The molecule has 1 saturated heterocycles. The largest absolute Gasteiger partial charge is 0.458 e. The highest BCUT2D eigenvalue weighted by atomic mass is 16.5. The van der Waals surface area contributed by atoms with Gasteiger partial charge in [-0.15, -0.1) is 0 Å². The lowest BCUT2D eigenvalue weighted by atomic mass is 9.96. The normalized spacial score (nSPS) is 20.4. The summed E-state index contributed by atoms with van der Waals surface area (Å²) < 4.78 is 5.92. The molecule has 0 saturated carbocycles. The minimum atomic E-state index is 0.118. The van der Waals surface area contributed by atoms with Crippen molar-refractivity contribution in [2.75, 3.05) is 18.0 Å². The standard InChI is InChI=1S/C17H21N5O/c1-12-8-18-17(19-9-12)23-13-6-7-22(10-13)16-14-4-2-3-5-15(14)20-11-21-16/h8-9,11,13H,2-7,10H2,1H3.